The Labute approximate surface area is 346 Å². The van der Waals surface area contributed by atoms with Crippen LogP contribution < -0.4 is 19.7 Å². The van der Waals surface area contributed by atoms with Crippen LogP contribution in [0.5, 0.6) is 11.5 Å². The summed E-state index contributed by atoms with van der Waals surface area (Å²) in [5.41, 5.74) is 5.01. The number of nitriles is 1. The maximum atomic E-state index is 13.1. The third-order valence-corrected chi connectivity index (χ3v) is 13.7. The molecule has 15 heteroatoms. The van der Waals surface area contributed by atoms with Gasteiger partial charge in [0.05, 0.1) is 40.9 Å². The molecule has 5 aromatic rings. The summed E-state index contributed by atoms with van der Waals surface area (Å²) in [4.78, 5) is 26.5. The molecule has 0 radical (unpaired) electrons. The molecule has 0 bridgehead atoms. The van der Waals surface area contributed by atoms with Crippen molar-refractivity contribution >= 4 is 40.4 Å². The van der Waals surface area contributed by atoms with Gasteiger partial charge in [-0.1, -0.05) is 11.6 Å². The molecule has 0 atom stereocenters. The van der Waals surface area contributed by atoms with Crippen LogP contribution in [0.3, 0.4) is 0 Å². The van der Waals surface area contributed by atoms with E-state index in [-0.39, 0.29) is 23.5 Å². The number of fused-ring (bicyclic) bond motifs is 3. The lowest BCUT2D eigenvalue weighted by atomic mass is 9.58. The standard InChI is InChI=1S/C43H45ClN10O3S/c1-25-26(2)58-42-39(25)40(47-22-38-52-49-27(3)54(38)42)35-12-11-33(21-46-35)56-23-28-18-43(19-28)15-4-16-53(24-43)37-14-13-36(50-51-37)41(55)48-30-6-9-31(10-7-30)57-32-8-5-29(20-45)34(44)17-32/h5,8,11-14,17,21,28,30-31H,4,6-7,9-10,15-16,18-19,22-24H2,1-3H3,(H,48,55). The topological polar surface area (TPSA) is 156 Å². The van der Waals surface area contributed by atoms with E-state index < -0.39 is 0 Å². The number of benzene rings is 1. The highest BCUT2D eigenvalue weighted by atomic mass is 35.5. The first-order valence-corrected chi connectivity index (χ1v) is 21.3. The molecule has 6 heterocycles. The van der Waals surface area contributed by atoms with Gasteiger partial charge in [-0.05, 0) is 125 Å². The Bertz CT molecular complexity index is 2410. The maximum absolute atomic E-state index is 13.1. The fourth-order valence-corrected chi connectivity index (χ4v) is 10.6. The van der Waals surface area contributed by atoms with E-state index in [9.17, 15) is 4.79 Å². The highest BCUT2D eigenvalue weighted by Crippen LogP contribution is 2.51. The van der Waals surface area contributed by atoms with Gasteiger partial charge in [-0.15, -0.1) is 31.7 Å². The fraction of sp³-hybridized carbons (Fsp3) is 0.442. The first-order chi connectivity index (χ1) is 28.1. The van der Waals surface area contributed by atoms with Crippen molar-refractivity contribution in [1.82, 2.24) is 35.3 Å². The van der Waals surface area contributed by atoms with Crippen LogP contribution in [0.4, 0.5) is 5.82 Å². The second-order valence-corrected chi connectivity index (χ2v) is 17.8. The van der Waals surface area contributed by atoms with Gasteiger partial charge in [0.1, 0.15) is 34.9 Å². The third-order valence-electron chi connectivity index (χ3n) is 12.2. The molecule has 1 spiro atoms. The molecule has 2 aliphatic heterocycles. The molecular weight excluding hydrogens is 772 g/mol. The Balaban J connectivity index is 0.740. The van der Waals surface area contributed by atoms with E-state index >= 15 is 0 Å². The number of ether oxygens (including phenoxy) is 2. The lowest BCUT2D eigenvalue weighted by molar-refractivity contribution is 0.0112. The summed E-state index contributed by atoms with van der Waals surface area (Å²) >= 11 is 7.91. The molecule has 2 saturated carbocycles. The summed E-state index contributed by atoms with van der Waals surface area (Å²) < 4.78 is 14.5. The van der Waals surface area contributed by atoms with Crippen LogP contribution in [0.2, 0.25) is 5.02 Å². The monoisotopic (exact) mass is 816 g/mol. The minimum Gasteiger partial charge on any atom is -0.492 e. The molecule has 13 nitrogen and oxygen atoms in total. The quantitative estimate of drug-likeness (QED) is 0.158. The Hall–Kier alpha value is -5.39. The molecule has 0 unspecified atom stereocenters. The fourth-order valence-electron chi connectivity index (χ4n) is 9.15. The predicted molar refractivity (Wildman–Crippen MR) is 221 cm³/mol. The Morgan fingerprint density at radius 3 is 2.60 bits per heavy atom. The van der Waals surface area contributed by atoms with Gasteiger partial charge < -0.3 is 19.7 Å². The summed E-state index contributed by atoms with van der Waals surface area (Å²) in [6.45, 7) is 9.24. The number of thiophene rings is 1. The second-order valence-electron chi connectivity index (χ2n) is 16.2. The highest BCUT2D eigenvalue weighted by molar-refractivity contribution is 7.15. The highest BCUT2D eigenvalue weighted by Gasteiger charge is 2.47. The van der Waals surface area contributed by atoms with Crippen molar-refractivity contribution < 1.29 is 14.3 Å². The average Bonchev–Trinajstić information content (AvgIpc) is 3.68. The van der Waals surface area contributed by atoms with Crippen LogP contribution >= 0.6 is 22.9 Å². The number of halogens is 1. The Morgan fingerprint density at radius 2 is 1.86 bits per heavy atom. The van der Waals surface area contributed by atoms with E-state index in [2.05, 4.69) is 55.1 Å². The Kier molecular flexibility index (Phi) is 10.4. The van der Waals surface area contributed by atoms with Crippen molar-refractivity contribution in [2.45, 2.75) is 90.8 Å². The van der Waals surface area contributed by atoms with Crippen molar-refractivity contribution in [1.29, 1.82) is 5.26 Å². The lowest BCUT2D eigenvalue weighted by Gasteiger charge is -2.53. The van der Waals surface area contributed by atoms with Crippen molar-refractivity contribution in [3.05, 3.63) is 98.3 Å². The van der Waals surface area contributed by atoms with E-state index in [1.165, 1.54) is 16.9 Å². The van der Waals surface area contributed by atoms with E-state index in [1.54, 1.807) is 35.6 Å². The minimum atomic E-state index is -0.203. The number of carbonyl (C=O) groups excluding carboxylic acids is 1. The summed E-state index contributed by atoms with van der Waals surface area (Å²) in [6, 6.07) is 15.0. The lowest BCUT2D eigenvalue weighted by Crippen LogP contribution is -2.51. The number of hydrogen-bond donors (Lipinski definition) is 1. The molecule has 58 heavy (non-hydrogen) atoms. The molecule has 4 aromatic heterocycles. The summed E-state index contributed by atoms with van der Waals surface area (Å²) in [5.74, 6) is 4.22. The van der Waals surface area contributed by atoms with Crippen LogP contribution in [-0.4, -0.2) is 73.4 Å². The van der Waals surface area contributed by atoms with Gasteiger partial charge in [0.15, 0.2) is 17.3 Å². The van der Waals surface area contributed by atoms with Gasteiger partial charge in [-0.2, -0.15) is 5.26 Å². The van der Waals surface area contributed by atoms with E-state index in [0.717, 1.165) is 103 Å². The molecule has 2 aliphatic carbocycles. The summed E-state index contributed by atoms with van der Waals surface area (Å²) in [7, 11) is 0. The van der Waals surface area contributed by atoms with Crippen LogP contribution in [0.15, 0.2) is 53.7 Å². The molecule has 3 fully saturated rings. The number of piperidine rings is 1. The smallest absolute Gasteiger partial charge is 0.272 e. The van der Waals surface area contributed by atoms with Gasteiger partial charge in [-0.3, -0.25) is 19.3 Å². The van der Waals surface area contributed by atoms with Crippen LogP contribution in [0.1, 0.15) is 101 Å². The van der Waals surface area contributed by atoms with Gasteiger partial charge in [-0.25, -0.2) is 0 Å². The van der Waals surface area contributed by atoms with Crippen LogP contribution in [0.25, 0.3) is 5.00 Å². The third kappa shape index (κ3) is 7.53. The number of nitrogens with zero attached hydrogens (tertiary/aromatic N) is 9. The molecule has 1 saturated heterocycles. The number of pyridine rings is 1. The molecule has 298 valence electrons. The van der Waals surface area contributed by atoms with Crippen molar-refractivity contribution in [3.63, 3.8) is 0 Å². The number of nitrogens with one attached hydrogen (secondary N) is 1. The molecule has 1 amide bonds. The first-order valence-electron chi connectivity index (χ1n) is 20.1. The second kappa shape index (κ2) is 15.8. The van der Waals surface area contributed by atoms with Crippen molar-refractivity contribution in [3.8, 4) is 22.6 Å². The minimum absolute atomic E-state index is 0.0334. The zero-order valence-corrected chi connectivity index (χ0v) is 34.4. The zero-order chi connectivity index (χ0) is 40.0. The van der Waals surface area contributed by atoms with Gasteiger partial charge in [0.25, 0.3) is 5.91 Å². The normalized spacial score (nSPS) is 22.5. The number of rotatable bonds is 9. The van der Waals surface area contributed by atoms with Gasteiger partial charge in [0, 0.05) is 35.6 Å². The van der Waals surface area contributed by atoms with Crippen LogP contribution in [-0.2, 0) is 6.54 Å². The Morgan fingerprint density at radius 1 is 1.03 bits per heavy atom. The molecule has 1 N–H and O–H groups in total. The number of carbonyl (C=O) groups is 1. The van der Waals surface area contributed by atoms with E-state index in [0.29, 0.717) is 41.1 Å². The predicted octanol–water partition coefficient (Wildman–Crippen LogP) is 7.51. The largest absolute Gasteiger partial charge is 0.492 e. The number of aryl methyl sites for hydroxylation is 2. The zero-order valence-electron chi connectivity index (χ0n) is 32.9. The van der Waals surface area contributed by atoms with Gasteiger partial charge >= 0.3 is 0 Å². The summed E-state index contributed by atoms with van der Waals surface area (Å²) in [5, 5.41) is 31.3. The average molecular weight is 817 g/mol. The number of aliphatic imine (C=N–C) groups is 1. The SMILES string of the molecule is Cc1sc2c(c1C)C(c1ccc(OCC3CC4(CCCN(c5ccc(C(=O)NC6CCC(Oc7ccc(C#N)c(Cl)c7)CC6)nn5)C4)C3)cn1)=NCc1nnc(C)n1-2. The number of hydrogen-bond acceptors (Lipinski definition) is 12. The maximum Gasteiger partial charge on any atom is 0.272 e. The van der Waals surface area contributed by atoms with E-state index in [1.807, 2.05) is 31.3 Å². The first kappa shape index (κ1) is 38.1. The number of anilines is 1. The molecule has 4 aliphatic rings. The number of amides is 1. The molecular formula is C43H45ClN10O3S. The van der Waals surface area contributed by atoms with Crippen molar-refractivity contribution in [2.24, 2.45) is 16.3 Å². The molecule has 9 rings (SSSR count). The molecule has 1 aromatic carbocycles. The van der Waals surface area contributed by atoms with Crippen molar-refractivity contribution in [2.75, 3.05) is 24.6 Å². The van der Waals surface area contributed by atoms with Crippen LogP contribution in [0, 0.1) is 43.4 Å². The van der Waals surface area contributed by atoms with Gasteiger partial charge in [0.2, 0.25) is 0 Å². The van der Waals surface area contributed by atoms with E-state index in [4.69, 9.17) is 36.3 Å². The number of aromatic nitrogens is 6. The summed E-state index contributed by atoms with van der Waals surface area (Å²) in [6.07, 6.45) is 9.58.